The number of benzene rings is 12. The summed E-state index contributed by atoms with van der Waals surface area (Å²) in [6.07, 6.45) is 0. The van der Waals surface area contributed by atoms with E-state index in [1.54, 1.807) is 0 Å². The summed E-state index contributed by atoms with van der Waals surface area (Å²) in [7, 11) is 0. The highest BCUT2D eigenvalue weighted by atomic mass is 15.0. The molecular formula is C65H40N2. The molecular weight excluding hydrogens is 809 g/mol. The van der Waals surface area contributed by atoms with E-state index in [0.29, 0.717) is 0 Å². The molecule has 14 rings (SSSR count). The number of rotatable bonds is 5. The fourth-order valence-corrected chi connectivity index (χ4v) is 11.1. The van der Waals surface area contributed by atoms with Gasteiger partial charge >= 0.3 is 0 Å². The summed E-state index contributed by atoms with van der Waals surface area (Å²) in [5.41, 5.74) is 13.7. The van der Waals surface area contributed by atoms with Crippen LogP contribution in [0.1, 0.15) is 0 Å². The highest BCUT2D eigenvalue weighted by Crippen LogP contribution is 2.45. The monoisotopic (exact) mass is 848 g/mol. The van der Waals surface area contributed by atoms with Crippen LogP contribution < -0.4 is 0 Å². The predicted octanol–water partition coefficient (Wildman–Crippen LogP) is 17.8. The number of nitrogens with zero attached hydrogens (tertiary/aromatic N) is 2. The van der Waals surface area contributed by atoms with E-state index < -0.39 is 0 Å². The standard InChI is InChI=1S/C65H40N2/c1-2-18-48(19-3-1)67-61-29-15-13-27-56(61)64-62(67)35-34-57-63(64)55-26-12-14-28-60(55)66-65(57)42-32-30-41(31-33-42)45-36-46(58-39-43-16-4-6-20-49(43)51-22-8-10-24-53(51)58)38-47(37-45)59-40-44-17-5-7-21-50(44)52-23-9-11-25-54(52)59/h1-40H. The van der Waals surface area contributed by atoms with E-state index in [4.69, 9.17) is 4.98 Å². The molecule has 0 fully saturated rings. The number of hydrogen-bond acceptors (Lipinski definition) is 1. The Kier molecular flexibility index (Phi) is 8.32. The summed E-state index contributed by atoms with van der Waals surface area (Å²) in [5, 5.41) is 16.1. The second-order valence-corrected chi connectivity index (χ2v) is 17.8. The Bertz CT molecular complexity index is 4180. The quantitative estimate of drug-likeness (QED) is 0.158. The van der Waals surface area contributed by atoms with E-state index in [0.717, 1.165) is 38.8 Å². The Morgan fingerprint density at radius 1 is 0.269 bits per heavy atom. The first-order valence-electron chi connectivity index (χ1n) is 23.1. The molecule has 0 amide bonds. The zero-order valence-electron chi connectivity index (χ0n) is 36.5. The first kappa shape index (κ1) is 37.5. The molecule has 0 aliphatic rings. The van der Waals surface area contributed by atoms with Crippen molar-refractivity contribution in [2.75, 3.05) is 0 Å². The summed E-state index contributed by atoms with van der Waals surface area (Å²) in [4.78, 5) is 5.44. The highest BCUT2D eigenvalue weighted by molar-refractivity contribution is 6.29. The number of fused-ring (bicyclic) bond motifs is 13. The Morgan fingerprint density at radius 3 is 1.40 bits per heavy atom. The molecule has 0 radical (unpaired) electrons. The minimum Gasteiger partial charge on any atom is -0.309 e. The van der Waals surface area contributed by atoms with E-state index in [-0.39, 0.29) is 0 Å². The van der Waals surface area contributed by atoms with Gasteiger partial charge in [0.1, 0.15) is 0 Å². The Balaban J connectivity index is 0.987. The van der Waals surface area contributed by atoms with Crippen molar-refractivity contribution in [2.45, 2.75) is 0 Å². The third-order valence-electron chi connectivity index (χ3n) is 14.1. The number of pyridine rings is 1. The molecule has 0 N–H and O–H groups in total. The van der Waals surface area contributed by atoms with Crippen LogP contribution in [-0.4, -0.2) is 9.55 Å². The maximum Gasteiger partial charge on any atom is 0.0788 e. The van der Waals surface area contributed by atoms with Crippen LogP contribution in [0.4, 0.5) is 0 Å². The molecule has 67 heavy (non-hydrogen) atoms. The van der Waals surface area contributed by atoms with Crippen LogP contribution in [0.25, 0.3) is 137 Å². The van der Waals surface area contributed by atoms with Gasteiger partial charge in [-0.2, -0.15) is 0 Å². The van der Waals surface area contributed by atoms with Crippen LogP contribution >= 0.6 is 0 Å². The van der Waals surface area contributed by atoms with Crippen molar-refractivity contribution in [1.82, 2.24) is 9.55 Å². The van der Waals surface area contributed by atoms with Crippen molar-refractivity contribution < 1.29 is 0 Å². The minimum atomic E-state index is 0.985. The summed E-state index contributed by atoms with van der Waals surface area (Å²) >= 11 is 0. The zero-order valence-corrected chi connectivity index (χ0v) is 36.5. The molecule has 0 aliphatic heterocycles. The van der Waals surface area contributed by atoms with Crippen LogP contribution in [-0.2, 0) is 0 Å². The largest absolute Gasteiger partial charge is 0.309 e. The molecule has 0 saturated carbocycles. The molecule has 0 atom stereocenters. The number of hydrogen-bond donors (Lipinski definition) is 0. The number of aromatic nitrogens is 2. The van der Waals surface area contributed by atoms with Crippen LogP contribution in [0.15, 0.2) is 243 Å². The smallest absolute Gasteiger partial charge is 0.0788 e. The molecule has 12 aromatic carbocycles. The van der Waals surface area contributed by atoms with Crippen molar-refractivity contribution in [3.63, 3.8) is 0 Å². The molecule has 0 aliphatic carbocycles. The van der Waals surface area contributed by atoms with Crippen molar-refractivity contribution in [1.29, 1.82) is 0 Å². The van der Waals surface area contributed by atoms with Gasteiger partial charge in [0.15, 0.2) is 0 Å². The van der Waals surface area contributed by atoms with Gasteiger partial charge in [0, 0.05) is 38.2 Å². The van der Waals surface area contributed by atoms with E-state index in [1.165, 1.54) is 98.1 Å². The predicted molar refractivity (Wildman–Crippen MR) is 285 cm³/mol. The van der Waals surface area contributed by atoms with Gasteiger partial charge < -0.3 is 4.57 Å². The first-order chi connectivity index (χ1) is 33.2. The van der Waals surface area contributed by atoms with Crippen LogP contribution in [0.5, 0.6) is 0 Å². The van der Waals surface area contributed by atoms with Crippen molar-refractivity contribution in [2.24, 2.45) is 0 Å². The van der Waals surface area contributed by atoms with Crippen LogP contribution in [0.2, 0.25) is 0 Å². The minimum absolute atomic E-state index is 0.985. The van der Waals surface area contributed by atoms with Gasteiger partial charge in [-0.1, -0.05) is 182 Å². The van der Waals surface area contributed by atoms with E-state index in [1.807, 2.05) is 0 Å². The lowest BCUT2D eigenvalue weighted by molar-refractivity contribution is 1.18. The summed E-state index contributed by atoms with van der Waals surface area (Å²) < 4.78 is 2.40. The van der Waals surface area contributed by atoms with Crippen molar-refractivity contribution in [3.8, 4) is 50.3 Å². The molecule has 0 bridgehead atoms. The summed E-state index contributed by atoms with van der Waals surface area (Å²) in [6.45, 7) is 0. The lowest BCUT2D eigenvalue weighted by atomic mass is 9.87. The third kappa shape index (κ3) is 5.87. The summed E-state index contributed by atoms with van der Waals surface area (Å²) in [5.74, 6) is 0. The number of para-hydroxylation sites is 3. The van der Waals surface area contributed by atoms with Crippen LogP contribution in [0.3, 0.4) is 0 Å². The summed E-state index contributed by atoms with van der Waals surface area (Å²) in [6, 6.07) is 89.0. The lowest BCUT2D eigenvalue weighted by Crippen LogP contribution is -1.94. The van der Waals surface area contributed by atoms with Gasteiger partial charge in [0.05, 0.1) is 22.2 Å². The average molecular weight is 849 g/mol. The molecule has 0 spiro atoms. The molecule has 310 valence electrons. The Labute approximate surface area is 387 Å². The molecule has 2 aromatic heterocycles. The van der Waals surface area contributed by atoms with Gasteiger partial charge in [0.25, 0.3) is 0 Å². The second-order valence-electron chi connectivity index (χ2n) is 17.8. The van der Waals surface area contributed by atoms with Crippen LogP contribution in [0, 0.1) is 0 Å². The second kappa shape index (κ2) is 14.9. The Hall–Kier alpha value is -8.85. The van der Waals surface area contributed by atoms with E-state index >= 15 is 0 Å². The van der Waals surface area contributed by atoms with E-state index in [9.17, 15) is 0 Å². The fourth-order valence-electron chi connectivity index (χ4n) is 11.1. The van der Waals surface area contributed by atoms with Crippen molar-refractivity contribution in [3.05, 3.63) is 243 Å². The normalized spacial score (nSPS) is 11.9. The van der Waals surface area contributed by atoms with Gasteiger partial charge in [-0.05, 0) is 137 Å². The third-order valence-corrected chi connectivity index (χ3v) is 14.1. The highest BCUT2D eigenvalue weighted by Gasteiger charge is 2.20. The SMILES string of the molecule is c1ccc(-n2c3ccccc3c3c4c(ccc32)c(-c2ccc(-c3cc(-c5cc6ccccc6c6ccccc56)cc(-c5cc6ccccc6c6ccccc56)c3)cc2)nc2ccccc24)cc1. The zero-order chi connectivity index (χ0) is 44.0. The average Bonchev–Trinajstić information content (AvgIpc) is 3.75. The van der Waals surface area contributed by atoms with Crippen molar-refractivity contribution >= 4 is 86.6 Å². The van der Waals surface area contributed by atoms with Gasteiger partial charge in [-0.25, -0.2) is 4.98 Å². The maximum atomic E-state index is 5.44. The molecule has 14 aromatic rings. The molecule has 0 saturated heterocycles. The topological polar surface area (TPSA) is 17.8 Å². The molecule has 2 nitrogen and oxygen atoms in total. The van der Waals surface area contributed by atoms with Gasteiger partial charge in [0.2, 0.25) is 0 Å². The van der Waals surface area contributed by atoms with E-state index in [2.05, 4.69) is 247 Å². The molecule has 2 heterocycles. The maximum absolute atomic E-state index is 5.44. The first-order valence-corrected chi connectivity index (χ1v) is 23.1. The fraction of sp³-hybridized carbons (Fsp3) is 0. The van der Waals surface area contributed by atoms with Gasteiger partial charge in [-0.15, -0.1) is 0 Å². The van der Waals surface area contributed by atoms with Gasteiger partial charge in [-0.3, -0.25) is 0 Å². The molecule has 2 heteroatoms. The lowest BCUT2D eigenvalue weighted by Gasteiger charge is -2.17. The Morgan fingerprint density at radius 2 is 0.761 bits per heavy atom. The molecule has 0 unspecified atom stereocenters.